The smallest absolute Gasteiger partial charge is 0.0850 e. The summed E-state index contributed by atoms with van der Waals surface area (Å²) in [6.45, 7) is 2.48. The zero-order chi connectivity index (χ0) is 13.1. The van der Waals surface area contributed by atoms with E-state index in [0.29, 0.717) is 12.5 Å². The summed E-state index contributed by atoms with van der Waals surface area (Å²) in [5.41, 5.74) is 0.833. The van der Waals surface area contributed by atoms with Crippen LogP contribution in [0.3, 0.4) is 0 Å². The average molecular weight is 267 g/mol. The summed E-state index contributed by atoms with van der Waals surface area (Å²) in [5, 5.41) is 17.2. The van der Waals surface area contributed by atoms with Crippen molar-refractivity contribution in [3.8, 4) is 0 Å². The van der Waals surface area contributed by atoms with Gasteiger partial charge in [-0.3, -0.25) is 0 Å². The number of nitrogens with zero attached hydrogens (tertiary/aromatic N) is 3. The van der Waals surface area contributed by atoms with E-state index in [9.17, 15) is 0 Å². The molecule has 1 aromatic rings. The van der Waals surface area contributed by atoms with Crippen LogP contribution in [0.25, 0.3) is 0 Å². The van der Waals surface area contributed by atoms with Crippen LogP contribution in [0.4, 0.5) is 0 Å². The van der Waals surface area contributed by atoms with Gasteiger partial charge in [-0.15, -0.1) is 5.10 Å². The molecule has 6 heteroatoms. The maximum absolute atomic E-state index is 8.93. The fraction of sp³-hybridized carbons (Fsp3) is 0.846. The van der Waals surface area contributed by atoms with Crippen molar-refractivity contribution in [1.29, 1.82) is 0 Å². The van der Waals surface area contributed by atoms with E-state index in [4.69, 9.17) is 14.6 Å². The molecule has 2 aliphatic rings. The van der Waals surface area contributed by atoms with E-state index in [1.54, 1.807) is 0 Å². The van der Waals surface area contributed by atoms with Crippen LogP contribution >= 0.6 is 0 Å². The Balaban J connectivity index is 1.69. The third-order valence-electron chi connectivity index (χ3n) is 4.17. The summed E-state index contributed by atoms with van der Waals surface area (Å²) in [7, 11) is 0. The quantitative estimate of drug-likeness (QED) is 0.873. The second-order valence-electron chi connectivity index (χ2n) is 5.45. The highest BCUT2D eigenvalue weighted by Gasteiger charge is 2.39. The van der Waals surface area contributed by atoms with Gasteiger partial charge in [0.1, 0.15) is 0 Å². The topological polar surface area (TPSA) is 69.4 Å². The van der Waals surface area contributed by atoms with Crippen LogP contribution in [-0.4, -0.2) is 52.1 Å². The molecule has 1 N–H and O–H groups in total. The van der Waals surface area contributed by atoms with Crippen LogP contribution < -0.4 is 0 Å². The maximum atomic E-state index is 8.93. The minimum absolute atomic E-state index is 0.0236. The molecule has 2 fully saturated rings. The molecule has 2 saturated heterocycles. The van der Waals surface area contributed by atoms with E-state index < -0.39 is 0 Å². The molecule has 1 unspecified atom stereocenters. The van der Waals surface area contributed by atoms with Crippen molar-refractivity contribution >= 4 is 0 Å². The van der Waals surface area contributed by atoms with Crippen LogP contribution in [-0.2, 0) is 15.9 Å². The maximum Gasteiger partial charge on any atom is 0.0850 e. The van der Waals surface area contributed by atoms with Gasteiger partial charge in [-0.1, -0.05) is 5.21 Å². The lowest BCUT2D eigenvalue weighted by molar-refractivity contribution is -0.145. The van der Waals surface area contributed by atoms with E-state index in [1.807, 2.05) is 10.9 Å². The average Bonchev–Trinajstić information content (AvgIpc) is 2.89. The predicted molar refractivity (Wildman–Crippen MR) is 67.8 cm³/mol. The fourth-order valence-corrected chi connectivity index (χ4v) is 3.04. The SMILES string of the molecule is OCCc1cn(C2CCOC3(CCOCC3)C2)nn1. The molecule has 0 aromatic carbocycles. The molecule has 0 saturated carbocycles. The second-order valence-corrected chi connectivity index (χ2v) is 5.45. The molecular formula is C13H21N3O3. The van der Waals surface area contributed by atoms with Crippen molar-refractivity contribution in [3.05, 3.63) is 11.9 Å². The third-order valence-corrected chi connectivity index (χ3v) is 4.17. The molecule has 3 heterocycles. The van der Waals surface area contributed by atoms with Gasteiger partial charge in [-0.2, -0.15) is 0 Å². The molecule has 2 aliphatic heterocycles. The number of aliphatic hydroxyl groups is 1. The van der Waals surface area contributed by atoms with Gasteiger partial charge in [0, 0.05) is 39.0 Å². The lowest BCUT2D eigenvalue weighted by Crippen LogP contribution is -2.44. The van der Waals surface area contributed by atoms with Crippen LogP contribution in [0.15, 0.2) is 6.20 Å². The molecule has 0 amide bonds. The standard InChI is InChI=1S/C13H21N3O3/c17-5-1-11-10-16(15-14-11)12-2-6-19-13(9-12)3-7-18-8-4-13/h10,12,17H,1-9H2. The molecule has 0 bridgehead atoms. The van der Waals surface area contributed by atoms with Crippen LogP contribution in [0.1, 0.15) is 37.4 Å². The number of aliphatic hydroxyl groups excluding tert-OH is 1. The first-order valence-electron chi connectivity index (χ1n) is 7.05. The summed E-state index contributed by atoms with van der Waals surface area (Å²) in [4.78, 5) is 0. The largest absolute Gasteiger partial charge is 0.396 e. The van der Waals surface area contributed by atoms with Crippen LogP contribution in [0.2, 0.25) is 0 Å². The Kier molecular flexibility index (Phi) is 3.81. The Morgan fingerprint density at radius 1 is 1.37 bits per heavy atom. The predicted octanol–water partition coefficient (Wildman–Crippen LogP) is 0.714. The number of rotatable bonds is 3. The van der Waals surface area contributed by atoms with Gasteiger partial charge in [-0.05, 0) is 25.7 Å². The number of hydrogen-bond donors (Lipinski definition) is 1. The fourth-order valence-electron chi connectivity index (χ4n) is 3.04. The number of aromatic nitrogens is 3. The van der Waals surface area contributed by atoms with Crippen molar-refractivity contribution in [2.24, 2.45) is 0 Å². The summed E-state index contributed by atoms with van der Waals surface area (Å²) in [6, 6.07) is 0.354. The van der Waals surface area contributed by atoms with Crippen molar-refractivity contribution in [3.63, 3.8) is 0 Å². The van der Waals surface area contributed by atoms with E-state index >= 15 is 0 Å². The second kappa shape index (κ2) is 5.56. The molecule has 6 nitrogen and oxygen atoms in total. The summed E-state index contributed by atoms with van der Waals surface area (Å²) < 4.78 is 13.4. The Morgan fingerprint density at radius 3 is 3.00 bits per heavy atom. The first-order chi connectivity index (χ1) is 9.31. The minimum atomic E-state index is -0.0236. The lowest BCUT2D eigenvalue weighted by Gasteiger charge is -2.43. The van der Waals surface area contributed by atoms with Crippen LogP contribution in [0, 0.1) is 0 Å². The Labute approximate surface area is 112 Å². The van der Waals surface area contributed by atoms with Gasteiger partial charge in [0.15, 0.2) is 0 Å². The molecular weight excluding hydrogens is 246 g/mol. The zero-order valence-corrected chi connectivity index (χ0v) is 11.1. The normalized spacial score (nSPS) is 26.7. The molecule has 0 radical (unpaired) electrons. The van der Waals surface area contributed by atoms with Gasteiger partial charge < -0.3 is 14.6 Å². The minimum Gasteiger partial charge on any atom is -0.396 e. The van der Waals surface area contributed by atoms with Gasteiger partial charge in [-0.25, -0.2) is 4.68 Å². The zero-order valence-electron chi connectivity index (χ0n) is 11.1. The van der Waals surface area contributed by atoms with Gasteiger partial charge in [0.05, 0.1) is 17.3 Å². The van der Waals surface area contributed by atoms with Gasteiger partial charge in [0.25, 0.3) is 0 Å². The Bertz CT molecular complexity index is 410. The Hall–Kier alpha value is -0.980. The molecule has 1 atom stereocenters. The van der Waals surface area contributed by atoms with Crippen molar-refractivity contribution in [2.75, 3.05) is 26.4 Å². The molecule has 3 rings (SSSR count). The third kappa shape index (κ3) is 2.80. The van der Waals surface area contributed by atoms with Crippen molar-refractivity contribution in [2.45, 2.75) is 43.7 Å². The van der Waals surface area contributed by atoms with Crippen molar-refractivity contribution in [1.82, 2.24) is 15.0 Å². The van der Waals surface area contributed by atoms with Crippen LogP contribution in [0.5, 0.6) is 0 Å². The van der Waals surface area contributed by atoms with Gasteiger partial charge >= 0.3 is 0 Å². The summed E-state index contributed by atoms with van der Waals surface area (Å²) in [6.07, 6.45) is 6.44. The van der Waals surface area contributed by atoms with Gasteiger partial charge in [0.2, 0.25) is 0 Å². The Morgan fingerprint density at radius 2 is 2.21 bits per heavy atom. The highest BCUT2D eigenvalue weighted by molar-refractivity contribution is 4.96. The van der Waals surface area contributed by atoms with E-state index in [2.05, 4.69) is 10.3 Å². The van der Waals surface area contributed by atoms with E-state index in [0.717, 1.165) is 51.2 Å². The number of ether oxygens (including phenoxy) is 2. The summed E-state index contributed by atoms with van der Waals surface area (Å²) in [5.74, 6) is 0. The molecule has 106 valence electrons. The first-order valence-corrected chi connectivity index (χ1v) is 7.05. The lowest BCUT2D eigenvalue weighted by atomic mass is 9.84. The van der Waals surface area contributed by atoms with Crippen molar-refractivity contribution < 1.29 is 14.6 Å². The first kappa shape index (κ1) is 13.0. The number of hydrogen-bond acceptors (Lipinski definition) is 5. The van der Waals surface area contributed by atoms with E-state index in [1.165, 1.54) is 0 Å². The highest BCUT2D eigenvalue weighted by atomic mass is 16.5. The molecule has 19 heavy (non-hydrogen) atoms. The monoisotopic (exact) mass is 267 g/mol. The highest BCUT2D eigenvalue weighted by Crippen LogP contribution is 2.38. The van der Waals surface area contributed by atoms with E-state index in [-0.39, 0.29) is 12.2 Å². The molecule has 0 aliphatic carbocycles. The summed E-state index contributed by atoms with van der Waals surface area (Å²) >= 11 is 0. The molecule has 1 spiro atoms. The molecule has 1 aromatic heterocycles.